The fourth-order valence-corrected chi connectivity index (χ4v) is 4.23. The maximum Gasteiger partial charge on any atom is 0.237 e. The van der Waals surface area contributed by atoms with Gasteiger partial charge in [0.2, 0.25) is 5.91 Å². The quantitative estimate of drug-likeness (QED) is 0.713. The van der Waals surface area contributed by atoms with E-state index in [0.29, 0.717) is 0 Å². The van der Waals surface area contributed by atoms with Crippen LogP contribution >= 0.6 is 11.8 Å². The summed E-state index contributed by atoms with van der Waals surface area (Å²) in [5, 5.41) is 3.64. The summed E-state index contributed by atoms with van der Waals surface area (Å²) in [7, 11) is 3.99. The number of nitrogens with one attached hydrogen (secondary N) is 1. The molecule has 2 unspecified atom stereocenters. The Bertz CT molecular complexity index is 811. The van der Waals surface area contributed by atoms with Gasteiger partial charge in [0.25, 0.3) is 0 Å². The van der Waals surface area contributed by atoms with Crippen LogP contribution in [0.15, 0.2) is 29.4 Å². The zero-order valence-corrected chi connectivity index (χ0v) is 18.2. The van der Waals surface area contributed by atoms with Crippen molar-refractivity contribution >= 4 is 29.0 Å². The number of nitrogens with zero attached hydrogens (tertiary/aromatic N) is 3. The van der Waals surface area contributed by atoms with Gasteiger partial charge in [0.15, 0.2) is 5.16 Å². The van der Waals surface area contributed by atoms with Gasteiger partial charge in [-0.2, -0.15) is 0 Å². The van der Waals surface area contributed by atoms with Gasteiger partial charge in [0.05, 0.1) is 23.6 Å². The number of rotatable bonds is 7. The number of imidazole rings is 1. The third kappa shape index (κ3) is 4.89. The number of carbonyl (C=O) groups excluding carboxylic acids is 1. The molecule has 7 heteroatoms. The molecule has 2 aromatic rings. The van der Waals surface area contributed by atoms with E-state index in [0.717, 1.165) is 53.9 Å². The van der Waals surface area contributed by atoms with Gasteiger partial charge in [-0.15, -0.1) is 0 Å². The van der Waals surface area contributed by atoms with Crippen molar-refractivity contribution < 1.29 is 9.53 Å². The number of aromatic nitrogens is 2. The van der Waals surface area contributed by atoms with Crippen LogP contribution in [0.1, 0.15) is 31.2 Å². The lowest BCUT2D eigenvalue weighted by atomic mass is 10.2. The van der Waals surface area contributed by atoms with Crippen molar-refractivity contribution in [2.24, 2.45) is 0 Å². The Hall–Kier alpha value is -1.99. The van der Waals surface area contributed by atoms with Crippen LogP contribution in [0.3, 0.4) is 0 Å². The Morgan fingerprint density at radius 3 is 2.68 bits per heavy atom. The second-order valence-electron chi connectivity index (χ2n) is 7.50. The van der Waals surface area contributed by atoms with Crippen LogP contribution < -0.4 is 10.2 Å². The number of ether oxygens (including phenoxy) is 1. The number of hydrogen-bond donors (Lipinski definition) is 1. The first-order valence-corrected chi connectivity index (χ1v) is 10.6. The number of amides is 1. The van der Waals surface area contributed by atoms with Crippen molar-refractivity contribution in [2.45, 2.75) is 56.7 Å². The molecular weight excluding hydrogens is 372 g/mol. The van der Waals surface area contributed by atoms with Gasteiger partial charge in [-0.05, 0) is 57.9 Å². The summed E-state index contributed by atoms with van der Waals surface area (Å²) < 4.78 is 7.99. The first kappa shape index (κ1) is 20.7. The predicted molar refractivity (Wildman–Crippen MR) is 115 cm³/mol. The molecule has 3 rings (SSSR count). The second kappa shape index (κ2) is 9.01. The van der Waals surface area contributed by atoms with Crippen molar-refractivity contribution in [1.29, 1.82) is 0 Å². The first-order chi connectivity index (χ1) is 13.3. The van der Waals surface area contributed by atoms with Gasteiger partial charge in [-0.1, -0.05) is 11.8 Å². The van der Waals surface area contributed by atoms with Crippen LogP contribution in [0.2, 0.25) is 0 Å². The second-order valence-corrected chi connectivity index (χ2v) is 8.81. The summed E-state index contributed by atoms with van der Waals surface area (Å²) in [6, 6.07) is 7.84. The average Bonchev–Trinajstić information content (AvgIpc) is 3.26. The van der Waals surface area contributed by atoms with Crippen molar-refractivity contribution in [3.05, 3.63) is 35.7 Å². The average molecular weight is 403 g/mol. The van der Waals surface area contributed by atoms with Crippen molar-refractivity contribution in [3.63, 3.8) is 0 Å². The number of anilines is 2. The van der Waals surface area contributed by atoms with Crippen molar-refractivity contribution in [3.8, 4) is 0 Å². The van der Waals surface area contributed by atoms with E-state index in [4.69, 9.17) is 9.72 Å². The number of benzene rings is 1. The molecule has 1 saturated heterocycles. The van der Waals surface area contributed by atoms with Gasteiger partial charge < -0.3 is 19.5 Å². The van der Waals surface area contributed by atoms with Crippen LogP contribution in [0.25, 0.3) is 0 Å². The van der Waals surface area contributed by atoms with E-state index in [-0.39, 0.29) is 17.3 Å². The number of carbonyl (C=O) groups is 1. The van der Waals surface area contributed by atoms with Crippen LogP contribution in [0.5, 0.6) is 0 Å². The summed E-state index contributed by atoms with van der Waals surface area (Å²) in [6.07, 6.45) is 2.44. The highest BCUT2D eigenvalue weighted by molar-refractivity contribution is 8.00. The zero-order valence-electron chi connectivity index (χ0n) is 17.4. The molecule has 1 N–H and O–H groups in total. The van der Waals surface area contributed by atoms with Crippen LogP contribution in [0.4, 0.5) is 11.4 Å². The zero-order chi connectivity index (χ0) is 20.3. The lowest BCUT2D eigenvalue weighted by molar-refractivity contribution is -0.115. The smallest absolute Gasteiger partial charge is 0.237 e. The molecule has 1 aliphatic rings. The maximum absolute atomic E-state index is 12.7. The SMILES string of the molecule is Cc1nc(SC(C)C(=O)Nc2ccc(N(C)C)cc2)n(CC2CCCO2)c1C. The Kier molecular flexibility index (Phi) is 6.67. The van der Waals surface area contributed by atoms with Gasteiger partial charge in [0.1, 0.15) is 0 Å². The molecule has 28 heavy (non-hydrogen) atoms. The summed E-state index contributed by atoms with van der Waals surface area (Å²) >= 11 is 1.50. The molecule has 0 spiro atoms. The van der Waals surface area contributed by atoms with Crippen molar-refractivity contribution in [2.75, 3.05) is 30.9 Å². The minimum atomic E-state index is -0.252. The van der Waals surface area contributed by atoms with E-state index in [1.807, 2.05) is 57.1 Å². The van der Waals surface area contributed by atoms with Crippen LogP contribution in [0, 0.1) is 13.8 Å². The highest BCUT2D eigenvalue weighted by Gasteiger charge is 2.23. The van der Waals surface area contributed by atoms with E-state index in [9.17, 15) is 4.79 Å². The van der Waals surface area contributed by atoms with Gasteiger partial charge in [-0.3, -0.25) is 4.79 Å². The Labute approximate surface area is 171 Å². The Balaban J connectivity index is 1.65. The highest BCUT2D eigenvalue weighted by Crippen LogP contribution is 2.28. The Morgan fingerprint density at radius 1 is 1.36 bits per heavy atom. The monoisotopic (exact) mass is 402 g/mol. The summed E-state index contributed by atoms with van der Waals surface area (Å²) in [5.74, 6) is -0.0235. The van der Waals surface area contributed by atoms with E-state index < -0.39 is 0 Å². The van der Waals surface area contributed by atoms with Gasteiger partial charge in [0, 0.05) is 37.8 Å². The standard InChI is InChI=1S/C21H30N4O2S/c1-14-15(2)25(13-19-7-6-12-27-19)21(22-14)28-16(3)20(26)23-17-8-10-18(11-9-17)24(4)5/h8-11,16,19H,6-7,12-13H2,1-5H3,(H,23,26). The fraction of sp³-hybridized carbons (Fsp3) is 0.524. The van der Waals surface area contributed by atoms with Gasteiger partial charge >= 0.3 is 0 Å². The molecule has 2 atom stereocenters. The van der Waals surface area contributed by atoms with Gasteiger partial charge in [-0.25, -0.2) is 4.98 Å². The maximum atomic E-state index is 12.7. The molecule has 0 aliphatic carbocycles. The van der Waals surface area contributed by atoms with Crippen LogP contribution in [-0.4, -0.2) is 47.5 Å². The summed E-state index contributed by atoms with van der Waals surface area (Å²) in [4.78, 5) is 19.4. The molecule has 0 saturated carbocycles. The van der Waals surface area contributed by atoms with E-state index in [1.165, 1.54) is 11.8 Å². The summed E-state index contributed by atoms with van der Waals surface area (Å²) in [5.41, 5.74) is 4.05. The number of thioether (sulfide) groups is 1. The molecule has 1 aliphatic heterocycles. The van der Waals surface area contributed by atoms with E-state index >= 15 is 0 Å². The third-order valence-electron chi connectivity index (χ3n) is 5.14. The predicted octanol–water partition coefficient (Wildman–Crippen LogP) is 3.86. The topological polar surface area (TPSA) is 59.4 Å². The molecular formula is C21H30N4O2S. The number of hydrogen-bond acceptors (Lipinski definition) is 5. The molecule has 152 valence electrons. The molecule has 0 radical (unpaired) electrons. The minimum absolute atomic E-state index is 0.0235. The van der Waals surface area contributed by atoms with E-state index in [2.05, 4.69) is 16.8 Å². The summed E-state index contributed by atoms with van der Waals surface area (Å²) in [6.45, 7) is 7.66. The fourth-order valence-electron chi connectivity index (χ4n) is 3.22. The largest absolute Gasteiger partial charge is 0.378 e. The molecule has 6 nitrogen and oxygen atoms in total. The third-order valence-corrected chi connectivity index (χ3v) is 6.23. The first-order valence-electron chi connectivity index (χ1n) is 9.75. The molecule has 1 aromatic heterocycles. The lowest BCUT2D eigenvalue weighted by Crippen LogP contribution is -2.23. The lowest BCUT2D eigenvalue weighted by Gasteiger charge is -2.17. The molecule has 1 aromatic carbocycles. The van der Waals surface area contributed by atoms with E-state index in [1.54, 1.807) is 0 Å². The molecule has 1 amide bonds. The highest BCUT2D eigenvalue weighted by atomic mass is 32.2. The molecule has 0 bridgehead atoms. The minimum Gasteiger partial charge on any atom is -0.378 e. The molecule has 2 heterocycles. The van der Waals surface area contributed by atoms with Crippen LogP contribution in [-0.2, 0) is 16.1 Å². The van der Waals surface area contributed by atoms with Crippen molar-refractivity contribution in [1.82, 2.24) is 9.55 Å². The number of aryl methyl sites for hydroxylation is 1. The molecule has 1 fully saturated rings. The normalized spacial score (nSPS) is 17.5. The Morgan fingerprint density at radius 2 is 2.07 bits per heavy atom.